The van der Waals surface area contributed by atoms with E-state index in [1.807, 2.05) is 25.1 Å². The van der Waals surface area contributed by atoms with Crippen LogP contribution in [0.4, 0.5) is 0 Å². The fourth-order valence-corrected chi connectivity index (χ4v) is 2.98. The third-order valence-electron chi connectivity index (χ3n) is 3.90. The molecule has 0 saturated heterocycles. The second-order valence-corrected chi connectivity index (χ2v) is 6.36. The first-order chi connectivity index (χ1) is 11.6. The van der Waals surface area contributed by atoms with Gasteiger partial charge in [0.2, 0.25) is 0 Å². The van der Waals surface area contributed by atoms with Crippen LogP contribution < -0.4 is 5.32 Å². The number of carbonyl (C=O) groups excluding carboxylic acids is 1. The molecule has 4 rings (SSSR count). The summed E-state index contributed by atoms with van der Waals surface area (Å²) in [6.07, 6.45) is 6.68. The van der Waals surface area contributed by atoms with Gasteiger partial charge in [-0.15, -0.1) is 0 Å². The Morgan fingerprint density at radius 2 is 2.29 bits per heavy atom. The summed E-state index contributed by atoms with van der Waals surface area (Å²) in [5.41, 5.74) is 2.80. The van der Waals surface area contributed by atoms with Gasteiger partial charge in [-0.1, -0.05) is 15.9 Å². The lowest BCUT2D eigenvalue weighted by Gasteiger charge is -2.01. The van der Waals surface area contributed by atoms with Crippen LogP contribution in [0.5, 0.6) is 0 Å². The van der Waals surface area contributed by atoms with Gasteiger partial charge in [-0.3, -0.25) is 9.78 Å². The Bertz CT molecular complexity index is 1030. The maximum atomic E-state index is 12.3. The van der Waals surface area contributed by atoms with E-state index >= 15 is 0 Å². The molecule has 0 bridgehead atoms. The van der Waals surface area contributed by atoms with Gasteiger partial charge in [0.25, 0.3) is 5.91 Å². The molecule has 120 valence electrons. The smallest absolute Gasteiger partial charge is 0.271 e. The van der Waals surface area contributed by atoms with Crippen LogP contribution in [0.15, 0.2) is 51.9 Å². The fraction of sp³-hybridized carbons (Fsp3) is 0.118. The van der Waals surface area contributed by atoms with Crippen LogP contribution in [0.3, 0.4) is 0 Å². The lowest BCUT2D eigenvalue weighted by atomic mass is 10.1. The van der Waals surface area contributed by atoms with Crippen molar-refractivity contribution in [3.8, 4) is 0 Å². The van der Waals surface area contributed by atoms with Crippen molar-refractivity contribution < 1.29 is 9.21 Å². The van der Waals surface area contributed by atoms with E-state index in [1.54, 1.807) is 29.2 Å². The van der Waals surface area contributed by atoms with E-state index in [2.05, 4.69) is 31.2 Å². The highest BCUT2D eigenvalue weighted by Gasteiger charge is 2.14. The van der Waals surface area contributed by atoms with Crippen molar-refractivity contribution >= 4 is 38.5 Å². The second-order valence-electron chi connectivity index (χ2n) is 5.44. The number of furan rings is 1. The normalized spacial score (nSPS) is 11.2. The Morgan fingerprint density at radius 1 is 1.42 bits per heavy atom. The van der Waals surface area contributed by atoms with Crippen molar-refractivity contribution in [1.82, 2.24) is 19.7 Å². The summed E-state index contributed by atoms with van der Waals surface area (Å²) in [6, 6.07) is 5.85. The number of benzene rings is 1. The van der Waals surface area contributed by atoms with E-state index in [1.165, 1.54) is 0 Å². The molecule has 1 amide bonds. The SMILES string of the molecule is Cc1c(CNC(=O)c2cn3ccncc3n2)oc2ccc(Br)cc12. The first-order valence-electron chi connectivity index (χ1n) is 7.36. The quantitative estimate of drug-likeness (QED) is 0.586. The van der Waals surface area contributed by atoms with E-state index in [0.29, 0.717) is 17.9 Å². The minimum atomic E-state index is -0.250. The third-order valence-corrected chi connectivity index (χ3v) is 4.40. The third kappa shape index (κ3) is 2.56. The summed E-state index contributed by atoms with van der Waals surface area (Å²) in [7, 11) is 0. The Morgan fingerprint density at radius 3 is 3.12 bits per heavy atom. The first kappa shape index (κ1) is 14.9. The fourth-order valence-electron chi connectivity index (χ4n) is 2.62. The molecule has 4 aromatic rings. The summed E-state index contributed by atoms with van der Waals surface area (Å²) in [4.78, 5) is 20.6. The van der Waals surface area contributed by atoms with Crippen molar-refractivity contribution in [2.24, 2.45) is 0 Å². The van der Waals surface area contributed by atoms with Gasteiger partial charge in [0.05, 0.1) is 12.7 Å². The largest absolute Gasteiger partial charge is 0.459 e. The lowest BCUT2D eigenvalue weighted by Crippen LogP contribution is -2.23. The molecular weight excluding hydrogens is 372 g/mol. The Balaban J connectivity index is 1.56. The Labute approximate surface area is 145 Å². The Kier molecular flexibility index (Phi) is 3.57. The van der Waals surface area contributed by atoms with E-state index in [9.17, 15) is 4.79 Å². The summed E-state index contributed by atoms with van der Waals surface area (Å²) in [5.74, 6) is 0.488. The van der Waals surface area contributed by atoms with Gasteiger partial charge in [0, 0.05) is 34.0 Å². The monoisotopic (exact) mass is 384 g/mol. The van der Waals surface area contributed by atoms with E-state index in [0.717, 1.165) is 26.8 Å². The molecule has 3 heterocycles. The van der Waals surface area contributed by atoms with Gasteiger partial charge in [0.1, 0.15) is 17.0 Å². The highest BCUT2D eigenvalue weighted by atomic mass is 79.9. The average molecular weight is 385 g/mol. The maximum Gasteiger partial charge on any atom is 0.271 e. The van der Waals surface area contributed by atoms with Crippen molar-refractivity contribution in [2.45, 2.75) is 13.5 Å². The molecule has 1 aromatic carbocycles. The van der Waals surface area contributed by atoms with E-state index in [4.69, 9.17) is 4.42 Å². The number of nitrogens with zero attached hydrogens (tertiary/aromatic N) is 3. The molecule has 7 heteroatoms. The van der Waals surface area contributed by atoms with Crippen molar-refractivity contribution in [3.63, 3.8) is 0 Å². The number of hydrogen-bond donors (Lipinski definition) is 1. The molecule has 3 aromatic heterocycles. The minimum absolute atomic E-state index is 0.250. The maximum absolute atomic E-state index is 12.3. The van der Waals surface area contributed by atoms with Gasteiger partial charge in [0.15, 0.2) is 5.65 Å². The highest BCUT2D eigenvalue weighted by molar-refractivity contribution is 9.10. The number of carbonyl (C=O) groups is 1. The molecule has 0 spiro atoms. The average Bonchev–Trinajstić information content (AvgIpc) is 3.15. The number of fused-ring (bicyclic) bond motifs is 2. The molecule has 24 heavy (non-hydrogen) atoms. The number of imidazole rings is 1. The number of nitrogens with one attached hydrogen (secondary N) is 1. The molecule has 1 N–H and O–H groups in total. The zero-order valence-corrected chi connectivity index (χ0v) is 14.4. The van der Waals surface area contributed by atoms with E-state index < -0.39 is 0 Å². The van der Waals surface area contributed by atoms with Crippen LogP contribution in [-0.4, -0.2) is 20.3 Å². The van der Waals surface area contributed by atoms with Gasteiger partial charge < -0.3 is 14.1 Å². The van der Waals surface area contributed by atoms with Crippen molar-refractivity contribution in [2.75, 3.05) is 0 Å². The predicted molar refractivity (Wildman–Crippen MR) is 92.8 cm³/mol. The zero-order valence-electron chi connectivity index (χ0n) is 12.8. The Hall–Kier alpha value is -2.67. The molecule has 6 nitrogen and oxygen atoms in total. The van der Waals surface area contributed by atoms with Crippen LogP contribution >= 0.6 is 15.9 Å². The van der Waals surface area contributed by atoms with Gasteiger partial charge in [-0.2, -0.15) is 0 Å². The summed E-state index contributed by atoms with van der Waals surface area (Å²) in [5, 5.41) is 3.89. The molecular formula is C17H13BrN4O2. The van der Waals surface area contributed by atoms with Gasteiger partial charge >= 0.3 is 0 Å². The zero-order chi connectivity index (χ0) is 16.7. The second kappa shape index (κ2) is 5.76. The summed E-state index contributed by atoms with van der Waals surface area (Å²) >= 11 is 3.46. The number of amides is 1. The van der Waals surface area contributed by atoms with Crippen LogP contribution in [0.1, 0.15) is 21.8 Å². The standard InChI is InChI=1S/C17H13BrN4O2/c1-10-12-6-11(18)2-3-14(12)24-15(10)7-20-17(23)13-9-22-5-4-19-8-16(22)21-13/h2-6,8-9H,7H2,1H3,(H,20,23). The van der Waals surface area contributed by atoms with Crippen molar-refractivity contribution in [1.29, 1.82) is 0 Å². The molecule has 0 atom stereocenters. The first-order valence-corrected chi connectivity index (χ1v) is 8.15. The molecule has 0 saturated carbocycles. The number of aryl methyl sites for hydroxylation is 1. The van der Waals surface area contributed by atoms with Crippen LogP contribution in [-0.2, 0) is 6.54 Å². The van der Waals surface area contributed by atoms with Crippen LogP contribution in [0, 0.1) is 6.92 Å². The molecule has 0 aliphatic heterocycles. The summed E-state index contributed by atoms with van der Waals surface area (Å²) < 4.78 is 8.58. The van der Waals surface area contributed by atoms with E-state index in [-0.39, 0.29) is 5.91 Å². The minimum Gasteiger partial charge on any atom is -0.459 e. The van der Waals surface area contributed by atoms with Crippen LogP contribution in [0.2, 0.25) is 0 Å². The topological polar surface area (TPSA) is 72.4 Å². The summed E-state index contributed by atoms with van der Waals surface area (Å²) in [6.45, 7) is 2.29. The molecule has 0 radical (unpaired) electrons. The highest BCUT2D eigenvalue weighted by Crippen LogP contribution is 2.28. The number of aromatic nitrogens is 3. The molecule has 0 fully saturated rings. The lowest BCUT2D eigenvalue weighted by molar-refractivity contribution is 0.0944. The predicted octanol–water partition coefficient (Wildman–Crippen LogP) is 3.48. The number of rotatable bonds is 3. The number of halogens is 1. The van der Waals surface area contributed by atoms with Gasteiger partial charge in [-0.05, 0) is 25.1 Å². The molecule has 0 aliphatic rings. The van der Waals surface area contributed by atoms with Crippen LogP contribution in [0.25, 0.3) is 16.6 Å². The molecule has 0 unspecified atom stereocenters. The number of hydrogen-bond acceptors (Lipinski definition) is 4. The van der Waals surface area contributed by atoms with Gasteiger partial charge in [-0.25, -0.2) is 4.98 Å². The van der Waals surface area contributed by atoms with Crippen molar-refractivity contribution in [3.05, 3.63) is 64.5 Å². The molecule has 0 aliphatic carbocycles.